The molecule has 2 amide bonds. The molecule has 0 aliphatic rings. The van der Waals surface area contributed by atoms with E-state index in [2.05, 4.69) is 5.32 Å². The van der Waals surface area contributed by atoms with Gasteiger partial charge in [0.1, 0.15) is 12.6 Å². The van der Waals surface area contributed by atoms with E-state index in [0.29, 0.717) is 18.7 Å². The molecule has 2 aromatic rings. The average Bonchev–Trinajstić information content (AvgIpc) is 2.76. The number of nitrogens with one attached hydrogen (secondary N) is 1. The van der Waals surface area contributed by atoms with Gasteiger partial charge < -0.3 is 10.2 Å². The molecular formula is C26H37N3O4S. The quantitative estimate of drug-likeness (QED) is 0.523. The number of rotatable bonds is 11. The van der Waals surface area contributed by atoms with Gasteiger partial charge in [0.05, 0.1) is 11.9 Å². The highest BCUT2D eigenvalue weighted by Crippen LogP contribution is 2.24. The topological polar surface area (TPSA) is 86.8 Å². The molecule has 7 nitrogen and oxygen atoms in total. The molecule has 1 atom stereocenters. The molecule has 0 aliphatic carbocycles. The van der Waals surface area contributed by atoms with Gasteiger partial charge in [-0.1, -0.05) is 61.4 Å². The Bertz CT molecular complexity index is 1100. The number of hydrogen-bond acceptors (Lipinski definition) is 4. The molecule has 0 unspecified atom stereocenters. The second-order valence-electron chi connectivity index (χ2n) is 8.78. The van der Waals surface area contributed by atoms with Crippen LogP contribution in [-0.2, 0) is 26.2 Å². The van der Waals surface area contributed by atoms with Gasteiger partial charge in [0.25, 0.3) is 0 Å². The molecule has 34 heavy (non-hydrogen) atoms. The van der Waals surface area contributed by atoms with Crippen LogP contribution in [0.1, 0.15) is 48.9 Å². The van der Waals surface area contributed by atoms with Crippen molar-refractivity contribution in [3.63, 3.8) is 0 Å². The lowest BCUT2D eigenvalue weighted by atomic mass is 10.1. The highest BCUT2D eigenvalue weighted by molar-refractivity contribution is 7.92. The summed E-state index contributed by atoms with van der Waals surface area (Å²) in [6, 6.07) is 12.5. The van der Waals surface area contributed by atoms with Gasteiger partial charge in [0.15, 0.2) is 0 Å². The number of nitrogens with zero attached hydrogens (tertiary/aromatic N) is 2. The maximum Gasteiger partial charge on any atom is 0.244 e. The van der Waals surface area contributed by atoms with E-state index in [1.165, 1.54) is 4.90 Å². The molecule has 0 bridgehead atoms. The fourth-order valence-electron chi connectivity index (χ4n) is 3.86. The largest absolute Gasteiger partial charge is 0.354 e. The first-order chi connectivity index (χ1) is 16.0. The Kier molecular flexibility index (Phi) is 9.67. The molecule has 0 fully saturated rings. The molecule has 2 aromatic carbocycles. The minimum Gasteiger partial charge on any atom is -0.354 e. The lowest BCUT2D eigenvalue weighted by molar-refractivity contribution is -0.140. The zero-order valence-corrected chi connectivity index (χ0v) is 21.9. The molecule has 0 aliphatic heterocycles. The van der Waals surface area contributed by atoms with Crippen molar-refractivity contribution >= 4 is 27.5 Å². The van der Waals surface area contributed by atoms with Gasteiger partial charge in [-0.2, -0.15) is 0 Å². The SMILES string of the molecule is CCCNC(=O)[C@H](CC)N(Cc1ccc(C)cc1)C(=O)CN(c1ccc(C)cc1C)S(C)(=O)=O. The Balaban J connectivity index is 2.44. The van der Waals surface area contributed by atoms with E-state index in [-0.39, 0.29) is 19.0 Å². The number of carbonyl (C=O) groups excluding carboxylic acids is 2. The summed E-state index contributed by atoms with van der Waals surface area (Å²) in [4.78, 5) is 28.1. The van der Waals surface area contributed by atoms with Crippen LogP contribution in [0.3, 0.4) is 0 Å². The van der Waals surface area contributed by atoms with E-state index in [1.54, 1.807) is 6.07 Å². The summed E-state index contributed by atoms with van der Waals surface area (Å²) in [5.74, 6) is -0.660. The monoisotopic (exact) mass is 487 g/mol. The van der Waals surface area contributed by atoms with Gasteiger partial charge >= 0.3 is 0 Å². The second kappa shape index (κ2) is 12.0. The molecule has 0 saturated heterocycles. The van der Waals surface area contributed by atoms with Crippen LogP contribution < -0.4 is 9.62 Å². The fourth-order valence-corrected chi connectivity index (χ4v) is 4.76. The van der Waals surface area contributed by atoms with E-state index in [1.807, 2.05) is 71.0 Å². The van der Waals surface area contributed by atoms with Crippen LogP contribution >= 0.6 is 0 Å². The number of hydrogen-bond donors (Lipinski definition) is 1. The third kappa shape index (κ3) is 7.32. The van der Waals surface area contributed by atoms with Gasteiger partial charge in [0, 0.05) is 13.1 Å². The molecule has 0 saturated carbocycles. The summed E-state index contributed by atoms with van der Waals surface area (Å²) >= 11 is 0. The third-order valence-electron chi connectivity index (χ3n) is 5.71. The average molecular weight is 488 g/mol. The number of amides is 2. The molecule has 8 heteroatoms. The van der Waals surface area contributed by atoms with Gasteiger partial charge in [-0.05, 0) is 50.8 Å². The Morgan fingerprint density at radius 2 is 1.59 bits per heavy atom. The Morgan fingerprint density at radius 3 is 2.12 bits per heavy atom. The van der Waals surface area contributed by atoms with Crippen molar-refractivity contribution < 1.29 is 18.0 Å². The van der Waals surface area contributed by atoms with E-state index < -0.39 is 22.0 Å². The van der Waals surface area contributed by atoms with E-state index in [0.717, 1.165) is 39.2 Å². The fraction of sp³-hybridized carbons (Fsp3) is 0.462. The predicted octanol–water partition coefficient (Wildman–Crippen LogP) is 3.71. The standard InChI is InChI=1S/C26H37N3O4S/c1-7-15-27-26(31)23(8-2)28(17-22-12-9-19(3)10-13-22)25(30)18-29(34(6,32)33)24-14-11-20(4)16-21(24)5/h9-14,16,23H,7-8,15,17-18H2,1-6H3,(H,27,31)/t23-/m0/s1. The normalized spacial score (nSPS) is 12.2. The zero-order chi connectivity index (χ0) is 25.5. The second-order valence-corrected chi connectivity index (χ2v) is 10.7. The van der Waals surface area contributed by atoms with Crippen LogP contribution in [0.5, 0.6) is 0 Å². The van der Waals surface area contributed by atoms with Crippen LogP contribution in [0.2, 0.25) is 0 Å². The number of carbonyl (C=O) groups is 2. The van der Waals surface area contributed by atoms with E-state index >= 15 is 0 Å². The van der Waals surface area contributed by atoms with Crippen molar-refractivity contribution in [2.24, 2.45) is 0 Å². The van der Waals surface area contributed by atoms with E-state index in [4.69, 9.17) is 0 Å². The van der Waals surface area contributed by atoms with Crippen molar-refractivity contribution in [2.45, 2.75) is 60.0 Å². The van der Waals surface area contributed by atoms with Crippen LogP contribution in [0.25, 0.3) is 0 Å². The minimum atomic E-state index is -3.74. The van der Waals surface area contributed by atoms with Gasteiger partial charge in [-0.3, -0.25) is 13.9 Å². The lowest BCUT2D eigenvalue weighted by Gasteiger charge is -2.33. The summed E-state index contributed by atoms with van der Waals surface area (Å²) in [5.41, 5.74) is 4.18. The first-order valence-corrected chi connectivity index (χ1v) is 13.5. The first kappa shape index (κ1) is 27.4. The van der Waals surface area contributed by atoms with E-state index in [9.17, 15) is 18.0 Å². The summed E-state index contributed by atoms with van der Waals surface area (Å²) in [6.07, 6.45) is 2.29. The Hall–Kier alpha value is -2.87. The molecule has 186 valence electrons. The minimum absolute atomic E-state index is 0.210. The Labute approximate surface area is 204 Å². The summed E-state index contributed by atoms with van der Waals surface area (Å²) in [5, 5.41) is 2.88. The highest BCUT2D eigenvalue weighted by Gasteiger charge is 2.32. The highest BCUT2D eigenvalue weighted by atomic mass is 32.2. The number of anilines is 1. The molecule has 1 N–H and O–H groups in total. The van der Waals surface area contributed by atoms with Crippen molar-refractivity contribution in [1.82, 2.24) is 10.2 Å². The summed E-state index contributed by atoms with van der Waals surface area (Å²) in [7, 11) is -3.74. The molecule has 2 rings (SSSR count). The smallest absolute Gasteiger partial charge is 0.244 e. The van der Waals surface area contributed by atoms with Gasteiger partial charge in [0.2, 0.25) is 21.8 Å². The lowest BCUT2D eigenvalue weighted by Crippen LogP contribution is -2.52. The van der Waals surface area contributed by atoms with Crippen molar-refractivity contribution in [1.29, 1.82) is 0 Å². The third-order valence-corrected chi connectivity index (χ3v) is 6.84. The van der Waals surface area contributed by atoms with Crippen molar-refractivity contribution in [2.75, 3.05) is 23.7 Å². The maximum absolute atomic E-state index is 13.6. The van der Waals surface area contributed by atoms with Crippen molar-refractivity contribution in [3.8, 4) is 0 Å². The Morgan fingerprint density at radius 1 is 0.971 bits per heavy atom. The van der Waals surface area contributed by atoms with Gasteiger partial charge in [-0.15, -0.1) is 0 Å². The van der Waals surface area contributed by atoms with Gasteiger partial charge in [-0.25, -0.2) is 8.42 Å². The van der Waals surface area contributed by atoms with Crippen LogP contribution in [0, 0.1) is 20.8 Å². The predicted molar refractivity (Wildman–Crippen MR) is 137 cm³/mol. The zero-order valence-electron chi connectivity index (χ0n) is 21.1. The van der Waals surface area contributed by atoms with Crippen LogP contribution in [-0.4, -0.2) is 50.5 Å². The van der Waals surface area contributed by atoms with Crippen LogP contribution in [0.15, 0.2) is 42.5 Å². The molecular weight excluding hydrogens is 450 g/mol. The number of aryl methyl sites for hydroxylation is 3. The van der Waals surface area contributed by atoms with Crippen molar-refractivity contribution in [3.05, 3.63) is 64.7 Å². The maximum atomic E-state index is 13.6. The molecule has 0 aromatic heterocycles. The molecule has 0 radical (unpaired) electrons. The molecule has 0 heterocycles. The number of benzene rings is 2. The summed E-state index contributed by atoms with van der Waals surface area (Å²) in [6.45, 7) is 9.88. The summed E-state index contributed by atoms with van der Waals surface area (Å²) < 4.78 is 26.6. The molecule has 0 spiro atoms. The first-order valence-electron chi connectivity index (χ1n) is 11.7. The van der Waals surface area contributed by atoms with Crippen LogP contribution in [0.4, 0.5) is 5.69 Å². The number of sulfonamides is 1.